The molecule has 1 aromatic heterocycles. The molecule has 0 unspecified atom stereocenters. The number of hydrogen-bond donors (Lipinski definition) is 3. The predicted molar refractivity (Wildman–Crippen MR) is 59.3 cm³/mol. The number of nitrogens with two attached hydrogens (primary N) is 2. The van der Waals surface area contributed by atoms with E-state index in [4.69, 9.17) is 11.5 Å². The minimum Gasteiger partial charge on any atom is -0.397 e. The summed E-state index contributed by atoms with van der Waals surface area (Å²) in [6.45, 7) is 1.28. The Hall–Kier alpha value is -1.62. The number of carbonyl (C=O) groups excluding carboxylic acids is 1. The van der Waals surface area contributed by atoms with E-state index in [-0.39, 0.29) is 5.91 Å². The lowest BCUT2D eigenvalue weighted by molar-refractivity contribution is 0.0948. The van der Waals surface area contributed by atoms with Crippen molar-refractivity contribution in [3.8, 4) is 0 Å². The van der Waals surface area contributed by atoms with Crippen LogP contribution in [0.15, 0.2) is 18.3 Å². The zero-order valence-electron chi connectivity index (χ0n) is 8.57. The molecule has 0 aliphatic rings. The molecule has 1 rings (SSSR count). The molecule has 1 aromatic rings. The molecule has 1 heterocycles. The molecule has 0 fully saturated rings. The molecular weight excluding hydrogens is 192 g/mol. The third-order valence-electron chi connectivity index (χ3n) is 1.94. The summed E-state index contributed by atoms with van der Waals surface area (Å²) in [5.41, 5.74) is 11.7. The quantitative estimate of drug-likeness (QED) is 0.599. The average Bonchev–Trinajstić information content (AvgIpc) is 2.25. The number of amides is 1. The van der Waals surface area contributed by atoms with Crippen molar-refractivity contribution in [1.29, 1.82) is 0 Å². The summed E-state index contributed by atoms with van der Waals surface area (Å²) in [6, 6.07) is 3.26. The number of aromatic nitrogens is 1. The Morgan fingerprint density at radius 2 is 2.20 bits per heavy atom. The normalized spacial score (nSPS) is 9.93. The molecule has 5 nitrogen and oxygen atoms in total. The second kappa shape index (κ2) is 5.98. The van der Waals surface area contributed by atoms with E-state index in [0.29, 0.717) is 24.5 Å². The molecule has 0 aliphatic heterocycles. The molecule has 0 aliphatic carbocycles. The van der Waals surface area contributed by atoms with Crippen LogP contribution in [0, 0.1) is 0 Å². The molecule has 5 heteroatoms. The number of carbonyl (C=O) groups is 1. The van der Waals surface area contributed by atoms with Gasteiger partial charge in [0.1, 0.15) is 5.69 Å². The van der Waals surface area contributed by atoms with Crippen LogP contribution >= 0.6 is 0 Å². The van der Waals surface area contributed by atoms with E-state index in [0.717, 1.165) is 12.8 Å². The molecule has 5 N–H and O–H groups in total. The Morgan fingerprint density at radius 1 is 1.40 bits per heavy atom. The monoisotopic (exact) mass is 208 g/mol. The first-order valence-corrected chi connectivity index (χ1v) is 4.94. The molecule has 0 saturated carbocycles. The molecule has 82 valence electrons. The first-order chi connectivity index (χ1) is 7.24. The summed E-state index contributed by atoms with van der Waals surface area (Å²) in [5, 5.41) is 2.76. The molecule has 1 amide bonds. The van der Waals surface area contributed by atoms with E-state index in [1.165, 1.54) is 6.20 Å². The summed E-state index contributed by atoms with van der Waals surface area (Å²) in [7, 11) is 0. The van der Waals surface area contributed by atoms with Gasteiger partial charge in [-0.05, 0) is 31.5 Å². The Balaban J connectivity index is 2.37. The maximum Gasteiger partial charge on any atom is 0.269 e. The fourth-order valence-corrected chi connectivity index (χ4v) is 1.10. The van der Waals surface area contributed by atoms with Gasteiger partial charge in [0.15, 0.2) is 0 Å². The van der Waals surface area contributed by atoms with Gasteiger partial charge in [0.25, 0.3) is 5.91 Å². The number of anilines is 1. The highest BCUT2D eigenvalue weighted by molar-refractivity contribution is 5.92. The first-order valence-electron chi connectivity index (χ1n) is 4.94. The highest BCUT2D eigenvalue weighted by Crippen LogP contribution is 2.00. The molecule has 0 spiro atoms. The number of nitrogens with zero attached hydrogens (tertiary/aromatic N) is 1. The molecule has 0 saturated heterocycles. The molecule has 0 aromatic carbocycles. The van der Waals surface area contributed by atoms with Gasteiger partial charge in [-0.1, -0.05) is 0 Å². The Labute approximate surface area is 88.9 Å². The van der Waals surface area contributed by atoms with Crippen molar-refractivity contribution in [2.75, 3.05) is 18.8 Å². The van der Waals surface area contributed by atoms with Gasteiger partial charge in [-0.25, -0.2) is 4.98 Å². The van der Waals surface area contributed by atoms with E-state index in [2.05, 4.69) is 10.3 Å². The van der Waals surface area contributed by atoms with Crippen LogP contribution in [0.1, 0.15) is 23.3 Å². The summed E-state index contributed by atoms with van der Waals surface area (Å²) < 4.78 is 0. The third kappa shape index (κ3) is 3.95. The Morgan fingerprint density at radius 3 is 2.80 bits per heavy atom. The van der Waals surface area contributed by atoms with Crippen LogP contribution in [0.5, 0.6) is 0 Å². The van der Waals surface area contributed by atoms with Crippen molar-refractivity contribution in [2.45, 2.75) is 12.8 Å². The lowest BCUT2D eigenvalue weighted by Crippen LogP contribution is -2.25. The zero-order chi connectivity index (χ0) is 11.1. The van der Waals surface area contributed by atoms with Gasteiger partial charge in [0.2, 0.25) is 0 Å². The fourth-order valence-electron chi connectivity index (χ4n) is 1.10. The third-order valence-corrected chi connectivity index (χ3v) is 1.94. The van der Waals surface area contributed by atoms with Gasteiger partial charge in [-0.3, -0.25) is 4.79 Å². The van der Waals surface area contributed by atoms with E-state index in [1.807, 2.05) is 0 Å². The zero-order valence-corrected chi connectivity index (χ0v) is 8.57. The Bertz CT molecular complexity index is 310. The van der Waals surface area contributed by atoms with Gasteiger partial charge in [0, 0.05) is 6.54 Å². The minimum atomic E-state index is -0.174. The SMILES string of the molecule is NCCCCNC(=O)c1ccc(N)cn1. The smallest absolute Gasteiger partial charge is 0.269 e. The summed E-state index contributed by atoms with van der Waals surface area (Å²) in [4.78, 5) is 15.4. The maximum atomic E-state index is 11.5. The van der Waals surface area contributed by atoms with Crippen molar-refractivity contribution in [3.63, 3.8) is 0 Å². The topological polar surface area (TPSA) is 94.0 Å². The van der Waals surface area contributed by atoms with Crippen LogP contribution in [0.4, 0.5) is 5.69 Å². The maximum absolute atomic E-state index is 11.5. The average molecular weight is 208 g/mol. The first kappa shape index (κ1) is 11.5. The van der Waals surface area contributed by atoms with E-state index in [9.17, 15) is 4.79 Å². The summed E-state index contributed by atoms with van der Waals surface area (Å²) in [5.74, 6) is -0.174. The van der Waals surface area contributed by atoms with Crippen LogP contribution < -0.4 is 16.8 Å². The van der Waals surface area contributed by atoms with Crippen molar-refractivity contribution >= 4 is 11.6 Å². The van der Waals surface area contributed by atoms with Gasteiger partial charge < -0.3 is 16.8 Å². The molecular formula is C10H16N4O. The van der Waals surface area contributed by atoms with E-state index < -0.39 is 0 Å². The van der Waals surface area contributed by atoms with Gasteiger partial charge in [-0.2, -0.15) is 0 Å². The van der Waals surface area contributed by atoms with Crippen molar-refractivity contribution < 1.29 is 4.79 Å². The molecule has 0 radical (unpaired) electrons. The van der Waals surface area contributed by atoms with Crippen molar-refractivity contribution in [3.05, 3.63) is 24.0 Å². The highest BCUT2D eigenvalue weighted by Gasteiger charge is 2.04. The second-order valence-electron chi connectivity index (χ2n) is 3.23. The second-order valence-corrected chi connectivity index (χ2v) is 3.23. The van der Waals surface area contributed by atoms with Crippen LogP contribution in [-0.4, -0.2) is 24.0 Å². The number of pyridine rings is 1. The molecule has 0 atom stereocenters. The van der Waals surface area contributed by atoms with Crippen LogP contribution in [-0.2, 0) is 0 Å². The largest absolute Gasteiger partial charge is 0.397 e. The van der Waals surface area contributed by atoms with Crippen LogP contribution in [0.3, 0.4) is 0 Å². The number of hydrogen-bond acceptors (Lipinski definition) is 4. The highest BCUT2D eigenvalue weighted by atomic mass is 16.1. The summed E-state index contributed by atoms with van der Waals surface area (Å²) >= 11 is 0. The number of unbranched alkanes of at least 4 members (excludes halogenated alkanes) is 1. The lowest BCUT2D eigenvalue weighted by atomic mass is 10.3. The standard InChI is InChI=1S/C10H16N4O/c11-5-1-2-6-13-10(15)9-4-3-8(12)7-14-9/h3-4,7H,1-2,5-6,11-12H2,(H,13,15). The van der Waals surface area contributed by atoms with Crippen molar-refractivity contribution in [2.24, 2.45) is 5.73 Å². The molecule has 15 heavy (non-hydrogen) atoms. The predicted octanol–water partition coefficient (Wildman–Crippen LogP) is 0.133. The number of nitrogen functional groups attached to an aromatic ring is 1. The van der Waals surface area contributed by atoms with Gasteiger partial charge in [-0.15, -0.1) is 0 Å². The van der Waals surface area contributed by atoms with E-state index >= 15 is 0 Å². The lowest BCUT2D eigenvalue weighted by Gasteiger charge is -2.03. The fraction of sp³-hybridized carbons (Fsp3) is 0.400. The van der Waals surface area contributed by atoms with Crippen molar-refractivity contribution in [1.82, 2.24) is 10.3 Å². The van der Waals surface area contributed by atoms with E-state index in [1.54, 1.807) is 12.1 Å². The van der Waals surface area contributed by atoms with Gasteiger partial charge >= 0.3 is 0 Å². The summed E-state index contributed by atoms with van der Waals surface area (Å²) in [6.07, 6.45) is 3.27. The van der Waals surface area contributed by atoms with Crippen LogP contribution in [0.25, 0.3) is 0 Å². The number of nitrogens with one attached hydrogen (secondary N) is 1. The molecule has 0 bridgehead atoms. The van der Waals surface area contributed by atoms with Crippen LogP contribution in [0.2, 0.25) is 0 Å². The minimum absolute atomic E-state index is 0.174. The number of rotatable bonds is 5. The Kier molecular flexibility index (Phi) is 4.56. The van der Waals surface area contributed by atoms with Gasteiger partial charge in [0.05, 0.1) is 11.9 Å².